The summed E-state index contributed by atoms with van der Waals surface area (Å²) in [7, 11) is 0. The fraction of sp³-hybridized carbons (Fsp3) is 0.211. The Kier molecular flexibility index (Phi) is 4.50. The number of nitrogens with zero attached hydrogens (tertiary/aromatic N) is 1. The first-order chi connectivity index (χ1) is 12.0. The van der Waals surface area contributed by atoms with E-state index >= 15 is 0 Å². The second-order valence-corrected chi connectivity index (χ2v) is 5.98. The highest BCUT2D eigenvalue weighted by Crippen LogP contribution is 2.36. The van der Waals surface area contributed by atoms with Gasteiger partial charge in [-0.2, -0.15) is 5.26 Å². The lowest BCUT2D eigenvalue weighted by atomic mass is 9.96. The van der Waals surface area contributed by atoms with Gasteiger partial charge >= 0.3 is 11.8 Å². The second-order valence-electron chi connectivity index (χ2n) is 5.98. The number of anilines is 1. The minimum atomic E-state index is -1.17. The lowest BCUT2D eigenvalue weighted by Crippen LogP contribution is -2.43. The first-order valence-corrected chi connectivity index (χ1v) is 7.92. The molecule has 0 heterocycles. The van der Waals surface area contributed by atoms with Gasteiger partial charge in [-0.05, 0) is 36.1 Å². The molecule has 0 bridgehead atoms. The molecule has 6 nitrogen and oxygen atoms in total. The fourth-order valence-electron chi connectivity index (χ4n) is 3.03. The van der Waals surface area contributed by atoms with Crippen LogP contribution in [0.4, 0.5) is 5.69 Å². The van der Waals surface area contributed by atoms with E-state index in [4.69, 9.17) is 5.26 Å². The van der Waals surface area contributed by atoms with Crippen LogP contribution in [0.25, 0.3) is 0 Å². The van der Waals surface area contributed by atoms with Gasteiger partial charge in [-0.25, -0.2) is 0 Å². The van der Waals surface area contributed by atoms with Crippen LogP contribution >= 0.6 is 0 Å². The standard InChI is InChI=1S/C19H17N3O3/c20-11-14-6-2-4-8-16(14)22-18(24)17(23)21-12-19(25)10-9-13-5-1-3-7-15(13)19/h1-8,25H,9-10,12H2,(H,21,23)(H,22,24). The van der Waals surface area contributed by atoms with Crippen molar-refractivity contribution in [2.45, 2.75) is 18.4 Å². The molecule has 3 N–H and O–H groups in total. The Morgan fingerprint density at radius 2 is 1.84 bits per heavy atom. The lowest BCUT2D eigenvalue weighted by molar-refractivity contribution is -0.136. The Labute approximate surface area is 145 Å². The number of hydrogen-bond donors (Lipinski definition) is 3. The summed E-state index contributed by atoms with van der Waals surface area (Å²) in [6, 6.07) is 15.9. The van der Waals surface area contributed by atoms with E-state index in [9.17, 15) is 14.7 Å². The zero-order valence-electron chi connectivity index (χ0n) is 13.5. The largest absolute Gasteiger partial charge is 0.383 e. The molecular formula is C19H17N3O3. The molecule has 0 fully saturated rings. The number of amides is 2. The first-order valence-electron chi connectivity index (χ1n) is 7.92. The van der Waals surface area contributed by atoms with Crippen LogP contribution in [0.3, 0.4) is 0 Å². The Morgan fingerprint density at radius 3 is 2.64 bits per heavy atom. The Hall–Kier alpha value is -3.17. The third-order valence-electron chi connectivity index (χ3n) is 4.37. The maximum Gasteiger partial charge on any atom is 0.313 e. The number of benzene rings is 2. The number of para-hydroxylation sites is 1. The third kappa shape index (κ3) is 3.37. The summed E-state index contributed by atoms with van der Waals surface area (Å²) < 4.78 is 0. The van der Waals surface area contributed by atoms with Gasteiger partial charge in [0.2, 0.25) is 0 Å². The normalized spacial score (nSPS) is 18.1. The van der Waals surface area contributed by atoms with Gasteiger partial charge in [0.25, 0.3) is 0 Å². The van der Waals surface area contributed by atoms with Crippen molar-refractivity contribution in [3.63, 3.8) is 0 Å². The number of nitrogens with one attached hydrogen (secondary N) is 2. The van der Waals surface area contributed by atoms with Crippen LogP contribution in [-0.2, 0) is 21.6 Å². The fourth-order valence-corrected chi connectivity index (χ4v) is 3.03. The molecule has 6 heteroatoms. The number of hydrogen-bond acceptors (Lipinski definition) is 4. The zero-order chi connectivity index (χ0) is 17.9. The van der Waals surface area contributed by atoms with Gasteiger partial charge < -0.3 is 15.7 Å². The van der Waals surface area contributed by atoms with Crippen molar-refractivity contribution < 1.29 is 14.7 Å². The van der Waals surface area contributed by atoms with Crippen molar-refractivity contribution in [3.8, 4) is 6.07 Å². The number of carbonyl (C=O) groups is 2. The van der Waals surface area contributed by atoms with E-state index in [-0.39, 0.29) is 17.8 Å². The van der Waals surface area contributed by atoms with Crippen molar-refractivity contribution in [2.24, 2.45) is 0 Å². The van der Waals surface area contributed by atoms with Gasteiger partial charge in [-0.15, -0.1) is 0 Å². The molecule has 0 aromatic heterocycles. The van der Waals surface area contributed by atoms with E-state index in [1.807, 2.05) is 30.3 Å². The van der Waals surface area contributed by atoms with E-state index in [1.165, 1.54) is 0 Å². The molecule has 25 heavy (non-hydrogen) atoms. The van der Waals surface area contributed by atoms with Gasteiger partial charge in [0.05, 0.1) is 17.8 Å². The number of aryl methyl sites for hydroxylation is 1. The monoisotopic (exact) mass is 335 g/mol. The zero-order valence-corrected chi connectivity index (χ0v) is 13.5. The molecule has 0 saturated heterocycles. The summed E-state index contributed by atoms with van der Waals surface area (Å²) in [5.74, 6) is -1.73. The Morgan fingerprint density at radius 1 is 1.12 bits per heavy atom. The molecule has 1 aliphatic rings. The van der Waals surface area contributed by atoms with Gasteiger partial charge in [0.1, 0.15) is 11.7 Å². The smallest absolute Gasteiger partial charge is 0.313 e. The molecule has 2 aromatic rings. The van der Waals surface area contributed by atoms with Crippen LogP contribution in [0.2, 0.25) is 0 Å². The summed E-state index contributed by atoms with van der Waals surface area (Å²) in [4.78, 5) is 24.1. The Balaban J connectivity index is 1.63. The van der Waals surface area contributed by atoms with E-state index < -0.39 is 17.4 Å². The average Bonchev–Trinajstić information content (AvgIpc) is 2.98. The maximum atomic E-state index is 12.0. The summed E-state index contributed by atoms with van der Waals surface area (Å²) in [5.41, 5.74) is 1.20. The van der Waals surface area contributed by atoms with Gasteiger partial charge in [-0.1, -0.05) is 36.4 Å². The van der Waals surface area contributed by atoms with Crippen LogP contribution in [0.15, 0.2) is 48.5 Å². The molecule has 0 aliphatic heterocycles. The molecule has 3 rings (SSSR count). The highest BCUT2D eigenvalue weighted by molar-refractivity contribution is 6.39. The molecule has 2 aromatic carbocycles. The first kappa shape index (κ1) is 16.7. The highest BCUT2D eigenvalue weighted by atomic mass is 16.3. The maximum absolute atomic E-state index is 12.0. The van der Waals surface area contributed by atoms with Crippen molar-refractivity contribution in [2.75, 3.05) is 11.9 Å². The number of aliphatic hydroxyl groups is 1. The summed E-state index contributed by atoms with van der Waals surface area (Å²) in [6.07, 6.45) is 1.22. The molecule has 2 amide bonds. The molecule has 1 unspecified atom stereocenters. The van der Waals surface area contributed by atoms with Crippen LogP contribution in [0, 0.1) is 11.3 Å². The number of fused-ring (bicyclic) bond motifs is 1. The second kappa shape index (κ2) is 6.75. The third-order valence-corrected chi connectivity index (χ3v) is 4.37. The predicted molar refractivity (Wildman–Crippen MR) is 91.5 cm³/mol. The SMILES string of the molecule is N#Cc1ccccc1NC(=O)C(=O)NCC1(O)CCc2ccccc21. The molecule has 0 saturated carbocycles. The molecule has 1 atom stereocenters. The van der Waals surface area contributed by atoms with Crippen LogP contribution < -0.4 is 10.6 Å². The molecular weight excluding hydrogens is 318 g/mol. The minimum absolute atomic E-state index is 0.0455. The van der Waals surface area contributed by atoms with Crippen molar-refractivity contribution >= 4 is 17.5 Å². The summed E-state index contributed by atoms with van der Waals surface area (Å²) >= 11 is 0. The minimum Gasteiger partial charge on any atom is -0.383 e. The topological polar surface area (TPSA) is 102 Å². The van der Waals surface area contributed by atoms with Crippen LogP contribution in [-0.4, -0.2) is 23.5 Å². The van der Waals surface area contributed by atoms with Gasteiger partial charge in [-0.3, -0.25) is 9.59 Å². The van der Waals surface area contributed by atoms with E-state index in [2.05, 4.69) is 10.6 Å². The van der Waals surface area contributed by atoms with Crippen molar-refractivity contribution in [1.29, 1.82) is 5.26 Å². The van der Waals surface area contributed by atoms with E-state index in [1.54, 1.807) is 24.3 Å². The summed E-state index contributed by atoms with van der Waals surface area (Å²) in [5, 5.41) is 24.7. The quantitative estimate of drug-likeness (QED) is 0.739. The van der Waals surface area contributed by atoms with Crippen molar-refractivity contribution in [3.05, 3.63) is 65.2 Å². The molecule has 0 radical (unpaired) electrons. The van der Waals surface area contributed by atoms with Gasteiger partial charge in [0.15, 0.2) is 0 Å². The molecule has 1 aliphatic carbocycles. The number of carbonyl (C=O) groups excluding carboxylic acids is 2. The van der Waals surface area contributed by atoms with Crippen LogP contribution in [0.5, 0.6) is 0 Å². The number of rotatable bonds is 3. The number of nitriles is 1. The van der Waals surface area contributed by atoms with Gasteiger partial charge in [0, 0.05) is 0 Å². The van der Waals surface area contributed by atoms with E-state index in [0.717, 1.165) is 17.5 Å². The lowest BCUT2D eigenvalue weighted by Gasteiger charge is -2.24. The molecule has 126 valence electrons. The highest BCUT2D eigenvalue weighted by Gasteiger charge is 2.37. The molecule has 0 spiro atoms. The Bertz CT molecular complexity index is 872. The van der Waals surface area contributed by atoms with Crippen molar-refractivity contribution in [1.82, 2.24) is 5.32 Å². The predicted octanol–water partition coefficient (Wildman–Crippen LogP) is 1.45. The summed E-state index contributed by atoms with van der Waals surface area (Å²) in [6.45, 7) is -0.0455. The van der Waals surface area contributed by atoms with E-state index in [0.29, 0.717) is 6.42 Å². The van der Waals surface area contributed by atoms with Crippen LogP contribution in [0.1, 0.15) is 23.1 Å². The average molecular weight is 335 g/mol.